The molecule has 2 heterocycles. The quantitative estimate of drug-likeness (QED) is 0.508. The minimum atomic E-state index is -0.0352. The Labute approximate surface area is 186 Å². The van der Waals surface area contributed by atoms with Crippen LogP contribution in [0.15, 0.2) is 54.6 Å². The SMILES string of the molecule is Cc1cc2n(n1)CCCN2C(=O)CCC(=O)Cc1ccc(-c2cccc(OC=O)c2)cc1. The number of amides is 1. The minimum absolute atomic E-state index is 0.0352. The Morgan fingerprint density at radius 2 is 1.84 bits per heavy atom. The van der Waals surface area contributed by atoms with Gasteiger partial charge in [0.2, 0.25) is 5.91 Å². The number of aromatic nitrogens is 2. The number of rotatable bonds is 8. The van der Waals surface area contributed by atoms with Crippen molar-refractivity contribution in [3.8, 4) is 16.9 Å². The monoisotopic (exact) mass is 431 g/mol. The third-order valence-electron chi connectivity index (χ3n) is 5.53. The number of hydrogen-bond acceptors (Lipinski definition) is 5. The Kier molecular flexibility index (Phi) is 6.44. The van der Waals surface area contributed by atoms with Crippen LogP contribution in [0.1, 0.15) is 30.5 Å². The third kappa shape index (κ3) is 4.94. The first-order valence-corrected chi connectivity index (χ1v) is 10.7. The van der Waals surface area contributed by atoms with Gasteiger partial charge in [-0.3, -0.25) is 19.3 Å². The summed E-state index contributed by atoms with van der Waals surface area (Å²) in [7, 11) is 0. The second kappa shape index (κ2) is 9.60. The second-order valence-electron chi connectivity index (χ2n) is 7.92. The molecule has 0 saturated heterocycles. The van der Waals surface area contributed by atoms with E-state index in [1.165, 1.54) is 0 Å². The fourth-order valence-corrected chi connectivity index (χ4v) is 3.98. The summed E-state index contributed by atoms with van der Waals surface area (Å²) in [6.45, 7) is 3.80. The number of Topliss-reactive ketones (excluding diaryl/α,β-unsaturated/α-hetero) is 1. The number of aryl methyl sites for hydroxylation is 2. The molecular formula is C25H25N3O4. The lowest BCUT2D eigenvalue weighted by Gasteiger charge is -2.27. The van der Waals surface area contributed by atoms with E-state index in [1.807, 2.05) is 54.1 Å². The van der Waals surface area contributed by atoms with Crippen LogP contribution in [0.25, 0.3) is 11.1 Å². The van der Waals surface area contributed by atoms with Gasteiger partial charge in [0.1, 0.15) is 17.4 Å². The van der Waals surface area contributed by atoms with E-state index < -0.39 is 0 Å². The van der Waals surface area contributed by atoms with E-state index in [1.54, 1.807) is 17.0 Å². The molecule has 32 heavy (non-hydrogen) atoms. The number of ether oxygens (including phenoxy) is 1. The molecule has 0 N–H and O–H groups in total. The van der Waals surface area contributed by atoms with Crippen LogP contribution >= 0.6 is 0 Å². The van der Waals surface area contributed by atoms with Crippen molar-refractivity contribution < 1.29 is 19.1 Å². The summed E-state index contributed by atoms with van der Waals surface area (Å²) in [5.74, 6) is 1.30. The number of nitrogens with zero attached hydrogens (tertiary/aromatic N) is 3. The van der Waals surface area contributed by atoms with E-state index >= 15 is 0 Å². The topological polar surface area (TPSA) is 81.5 Å². The molecule has 0 bridgehead atoms. The van der Waals surface area contributed by atoms with Crippen molar-refractivity contribution in [1.29, 1.82) is 0 Å². The van der Waals surface area contributed by atoms with Crippen LogP contribution in [0.4, 0.5) is 5.82 Å². The zero-order valence-corrected chi connectivity index (χ0v) is 18.0. The van der Waals surface area contributed by atoms with Gasteiger partial charge in [-0.1, -0.05) is 36.4 Å². The molecule has 1 aliphatic rings. The maximum atomic E-state index is 12.7. The van der Waals surface area contributed by atoms with Crippen molar-refractivity contribution in [3.63, 3.8) is 0 Å². The van der Waals surface area contributed by atoms with Gasteiger partial charge in [-0.25, -0.2) is 4.68 Å². The average molecular weight is 431 g/mol. The zero-order valence-electron chi connectivity index (χ0n) is 18.0. The van der Waals surface area contributed by atoms with E-state index in [0.29, 0.717) is 25.2 Å². The summed E-state index contributed by atoms with van der Waals surface area (Å²) in [6.07, 6.45) is 1.57. The Balaban J connectivity index is 1.32. The van der Waals surface area contributed by atoms with Gasteiger partial charge < -0.3 is 4.74 Å². The van der Waals surface area contributed by atoms with Gasteiger partial charge in [0, 0.05) is 38.4 Å². The number of anilines is 1. The van der Waals surface area contributed by atoms with Crippen LogP contribution in [0.5, 0.6) is 5.75 Å². The molecule has 0 radical (unpaired) electrons. The molecule has 0 atom stereocenters. The smallest absolute Gasteiger partial charge is 0.298 e. The van der Waals surface area contributed by atoms with E-state index in [-0.39, 0.29) is 24.5 Å². The average Bonchev–Trinajstić information content (AvgIpc) is 3.18. The number of carbonyl (C=O) groups is 3. The van der Waals surface area contributed by atoms with Crippen LogP contribution in [-0.4, -0.2) is 34.5 Å². The second-order valence-corrected chi connectivity index (χ2v) is 7.92. The van der Waals surface area contributed by atoms with Gasteiger partial charge in [0.25, 0.3) is 6.47 Å². The molecule has 0 fully saturated rings. The maximum absolute atomic E-state index is 12.7. The summed E-state index contributed by atoms with van der Waals surface area (Å²) in [4.78, 5) is 37.5. The minimum Gasteiger partial charge on any atom is -0.429 e. The number of ketones is 1. The molecule has 0 spiro atoms. The van der Waals surface area contributed by atoms with Gasteiger partial charge in [0.05, 0.1) is 5.69 Å². The molecule has 0 aliphatic carbocycles. The highest BCUT2D eigenvalue weighted by molar-refractivity contribution is 5.95. The Morgan fingerprint density at radius 3 is 2.62 bits per heavy atom. The van der Waals surface area contributed by atoms with E-state index in [2.05, 4.69) is 5.10 Å². The number of carbonyl (C=O) groups excluding carboxylic acids is 3. The fraction of sp³-hybridized carbons (Fsp3) is 0.280. The first-order chi connectivity index (χ1) is 15.5. The molecule has 0 unspecified atom stereocenters. The zero-order chi connectivity index (χ0) is 22.5. The summed E-state index contributed by atoms with van der Waals surface area (Å²) in [6, 6.07) is 16.9. The largest absolute Gasteiger partial charge is 0.429 e. The van der Waals surface area contributed by atoms with Gasteiger partial charge in [-0.05, 0) is 42.2 Å². The lowest BCUT2D eigenvalue weighted by molar-refractivity contribution is -0.123. The number of benzene rings is 2. The first kappa shape index (κ1) is 21.5. The Bertz CT molecular complexity index is 1130. The van der Waals surface area contributed by atoms with Gasteiger partial charge in [-0.15, -0.1) is 0 Å². The van der Waals surface area contributed by atoms with Crippen molar-refractivity contribution in [2.75, 3.05) is 11.4 Å². The maximum Gasteiger partial charge on any atom is 0.298 e. The highest BCUT2D eigenvalue weighted by atomic mass is 16.5. The van der Waals surface area contributed by atoms with Gasteiger partial charge >= 0.3 is 0 Å². The molecule has 7 nitrogen and oxygen atoms in total. The standard InChI is InChI=1S/C25H25N3O4/c1-18-14-24-27(12-3-13-28(24)26-18)25(31)11-10-22(30)15-19-6-8-20(9-7-19)21-4-2-5-23(16-21)32-17-29/h2,4-9,14,16-17H,3,10-13,15H2,1H3. The molecule has 7 heteroatoms. The van der Waals surface area contributed by atoms with Gasteiger partial charge in [-0.2, -0.15) is 5.10 Å². The van der Waals surface area contributed by atoms with Crippen molar-refractivity contribution >= 4 is 24.0 Å². The van der Waals surface area contributed by atoms with Crippen molar-refractivity contribution in [3.05, 3.63) is 65.9 Å². The summed E-state index contributed by atoms with van der Waals surface area (Å²) >= 11 is 0. The molecule has 4 rings (SSSR count). The molecule has 1 aromatic heterocycles. The van der Waals surface area contributed by atoms with Crippen LogP contribution < -0.4 is 9.64 Å². The van der Waals surface area contributed by atoms with Gasteiger partial charge in [0.15, 0.2) is 0 Å². The van der Waals surface area contributed by atoms with Crippen LogP contribution in [0, 0.1) is 6.92 Å². The number of fused-ring (bicyclic) bond motifs is 1. The fourth-order valence-electron chi connectivity index (χ4n) is 3.98. The lowest BCUT2D eigenvalue weighted by Crippen LogP contribution is -2.37. The molecule has 3 aromatic rings. The van der Waals surface area contributed by atoms with Crippen LogP contribution in [0.3, 0.4) is 0 Å². The van der Waals surface area contributed by atoms with E-state index in [4.69, 9.17) is 4.74 Å². The number of hydrogen-bond donors (Lipinski definition) is 0. The molecule has 2 aromatic carbocycles. The summed E-state index contributed by atoms with van der Waals surface area (Å²) < 4.78 is 6.76. The molecular weight excluding hydrogens is 406 g/mol. The van der Waals surface area contributed by atoms with E-state index in [0.717, 1.165) is 41.2 Å². The molecule has 0 saturated carbocycles. The normalized spacial score (nSPS) is 12.8. The molecule has 1 amide bonds. The summed E-state index contributed by atoms with van der Waals surface area (Å²) in [5.41, 5.74) is 3.67. The highest BCUT2D eigenvalue weighted by Gasteiger charge is 2.24. The van der Waals surface area contributed by atoms with Crippen LogP contribution in [0.2, 0.25) is 0 Å². The lowest BCUT2D eigenvalue weighted by atomic mass is 10.0. The Hall–Kier alpha value is -3.74. The van der Waals surface area contributed by atoms with Crippen molar-refractivity contribution in [2.24, 2.45) is 0 Å². The Morgan fingerprint density at radius 1 is 1.03 bits per heavy atom. The van der Waals surface area contributed by atoms with Crippen molar-refractivity contribution in [2.45, 2.75) is 39.2 Å². The van der Waals surface area contributed by atoms with E-state index in [9.17, 15) is 14.4 Å². The third-order valence-corrected chi connectivity index (χ3v) is 5.53. The molecule has 164 valence electrons. The highest BCUT2D eigenvalue weighted by Crippen LogP contribution is 2.25. The first-order valence-electron chi connectivity index (χ1n) is 10.7. The predicted molar refractivity (Wildman–Crippen MR) is 120 cm³/mol. The van der Waals surface area contributed by atoms with Crippen LogP contribution in [-0.2, 0) is 27.3 Å². The summed E-state index contributed by atoms with van der Waals surface area (Å²) in [5, 5.41) is 4.41. The van der Waals surface area contributed by atoms with Crippen molar-refractivity contribution in [1.82, 2.24) is 9.78 Å². The molecule has 1 aliphatic heterocycles. The predicted octanol–water partition coefficient (Wildman–Crippen LogP) is 3.72.